The van der Waals surface area contributed by atoms with Crippen molar-refractivity contribution in [2.24, 2.45) is 11.8 Å². The molecule has 0 spiro atoms. The first-order valence-corrected chi connectivity index (χ1v) is 15.1. The molecule has 32 heavy (non-hydrogen) atoms. The lowest BCUT2D eigenvalue weighted by molar-refractivity contribution is -0.137. The Morgan fingerprint density at radius 2 is 1.81 bits per heavy atom. The van der Waals surface area contributed by atoms with Crippen molar-refractivity contribution >= 4 is 25.9 Å². The molecule has 0 unspecified atom stereocenters. The fourth-order valence-electron chi connectivity index (χ4n) is 3.76. The van der Waals surface area contributed by atoms with E-state index >= 15 is 0 Å². The van der Waals surface area contributed by atoms with E-state index in [1.807, 2.05) is 18.2 Å². The van der Waals surface area contributed by atoms with E-state index in [1.54, 1.807) is 6.08 Å². The average molecular weight is 465 g/mol. The minimum atomic E-state index is -2.06. The Bertz CT molecular complexity index is 687. The van der Waals surface area contributed by atoms with Gasteiger partial charge in [-0.05, 0) is 49.9 Å². The predicted octanol–water partition coefficient (Wildman–Crippen LogP) is 6.49. The Labute approximate surface area is 195 Å². The molecule has 1 saturated carbocycles. The number of unbranched alkanes of at least 4 members (excludes halogenated alkanes) is 3. The fourth-order valence-corrected chi connectivity index (χ4v) is 5.12. The van der Waals surface area contributed by atoms with Crippen molar-refractivity contribution < 1.29 is 23.9 Å². The molecular formula is C26H44O5Si. The van der Waals surface area contributed by atoms with Gasteiger partial charge in [0, 0.05) is 31.1 Å². The van der Waals surface area contributed by atoms with Crippen LogP contribution in [0.25, 0.3) is 0 Å². The van der Waals surface area contributed by atoms with E-state index in [2.05, 4.69) is 40.8 Å². The smallest absolute Gasteiger partial charge is 0.303 e. The molecule has 0 heterocycles. The van der Waals surface area contributed by atoms with Gasteiger partial charge in [-0.3, -0.25) is 14.4 Å². The maximum absolute atomic E-state index is 12.9. The van der Waals surface area contributed by atoms with Crippen LogP contribution in [0.5, 0.6) is 0 Å². The number of carbonyl (C=O) groups is 3. The highest BCUT2D eigenvalue weighted by Crippen LogP contribution is 2.42. The molecule has 182 valence electrons. The largest absolute Gasteiger partial charge is 0.481 e. The maximum Gasteiger partial charge on any atom is 0.303 e. The van der Waals surface area contributed by atoms with Gasteiger partial charge in [0.15, 0.2) is 14.1 Å². The van der Waals surface area contributed by atoms with Crippen molar-refractivity contribution in [3.05, 3.63) is 24.3 Å². The third kappa shape index (κ3) is 9.53. The van der Waals surface area contributed by atoms with Crippen LogP contribution in [0.3, 0.4) is 0 Å². The summed E-state index contributed by atoms with van der Waals surface area (Å²) in [6.07, 6.45) is 13.4. The molecule has 1 N–H and O–H groups in total. The van der Waals surface area contributed by atoms with Crippen molar-refractivity contribution in [1.82, 2.24) is 0 Å². The van der Waals surface area contributed by atoms with Crippen LogP contribution in [0, 0.1) is 11.8 Å². The molecule has 0 amide bonds. The summed E-state index contributed by atoms with van der Waals surface area (Å²) in [5, 5.41) is 8.79. The molecule has 1 fully saturated rings. The quantitative estimate of drug-likeness (QED) is 0.137. The summed E-state index contributed by atoms with van der Waals surface area (Å²) in [7, 11) is -2.06. The second-order valence-corrected chi connectivity index (χ2v) is 15.3. The van der Waals surface area contributed by atoms with Gasteiger partial charge in [0.2, 0.25) is 0 Å². The number of carboxylic acids is 1. The van der Waals surface area contributed by atoms with E-state index < -0.39 is 14.3 Å². The topological polar surface area (TPSA) is 80.7 Å². The first kappa shape index (κ1) is 28.5. The highest BCUT2D eigenvalue weighted by atomic mass is 28.4. The van der Waals surface area contributed by atoms with Crippen LogP contribution in [0.4, 0.5) is 0 Å². The minimum absolute atomic E-state index is 0.0441. The minimum Gasteiger partial charge on any atom is -0.481 e. The van der Waals surface area contributed by atoms with Gasteiger partial charge in [0.1, 0.15) is 5.78 Å². The van der Waals surface area contributed by atoms with E-state index in [1.165, 1.54) is 0 Å². The van der Waals surface area contributed by atoms with Crippen LogP contribution in [-0.4, -0.2) is 37.1 Å². The van der Waals surface area contributed by atoms with Crippen molar-refractivity contribution in [1.29, 1.82) is 0 Å². The van der Waals surface area contributed by atoms with Gasteiger partial charge in [0.05, 0.1) is 6.10 Å². The van der Waals surface area contributed by atoms with E-state index in [-0.39, 0.29) is 41.0 Å². The summed E-state index contributed by atoms with van der Waals surface area (Å²) >= 11 is 0. The number of carbonyl (C=O) groups excluding carboxylic acids is 2. The highest BCUT2D eigenvalue weighted by Gasteiger charge is 2.46. The van der Waals surface area contributed by atoms with Crippen LogP contribution < -0.4 is 0 Å². The number of Topliss-reactive ketones (excluding diaryl/α,β-unsaturated/α-hetero) is 1. The molecule has 1 aliphatic rings. The zero-order valence-corrected chi connectivity index (χ0v) is 22.0. The van der Waals surface area contributed by atoms with Crippen LogP contribution in [0.15, 0.2) is 24.3 Å². The zero-order chi connectivity index (χ0) is 24.4. The Balaban J connectivity index is 2.92. The molecule has 0 aliphatic heterocycles. The van der Waals surface area contributed by atoms with Gasteiger partial charge in [0.25, 0.3) is 0 Å². The van der Waals surface area contributed by atoms with E-state index in [0.29, 0.717) is 32.1 Å². The first-order chi connectivity index (χ1) is 14.9. The summed E-state index contributed by atoms with van der Waals surface area (Å²) in [5.74, 6) is -0.775. The van der Waals surface area contributed by atoms with Gasteiger partial charge >= 0.3 is 5.97 Å². The number of aliphatic carboxylic acids is 1. The number of hydrogen-bond acceptors (Lipinski definition) is 4. The van der Waals surface area contributed by atoms with E-state index in [4.69, 9.17) is 9.53 Å². The summed E-state index contributed by atoms with van der Waals surface area (Å²) < 4.78 is 6.64. The van der Waals surface area contributed by atoms with Crippen molar-refractivity contribution in [2.75, 3.05) is 0 Å². The number of allylic oxidation sites excluding steroid dienone is 3. The summed E-state index contributed by atoms with van der Waals surface area (Å²) in [5.41, 5.74) is 0. The summed E-state index contributed by atoms with van der Waals surface area (Å²) in [6, 6.07) is 0. The van der Waals surface area contributed by atoms with Gasteiger partial charge < -0.3 is 9.53 Å². The molecule has 0 saturated heterocycles. The number of carboxylic acid groups (broad SMARTS) is 1. The van der Waals surface area contributed by atoms with Gasteiger partial charge in [-0.2, -0.15) is 0 Å². The number of hydrogen-bond donors (Lipinski definition) is 1. The molecule has 5 nitrogen and oxygen atoms in total. The molecule has 1 rings (SSSR count). The van der Waals surface area contributed by atoms with Crippen molar-refractivity contribution in [2.45, 2.75) is 110 Å². The second kappa shape index (κ2) is 13.2. The lowest BCUT2D eigenvalue weighted by atomic mass is 9.90. The third-order valence-electron chi connectivity index (χ3n) is 6.81. The molecule has 6 heteroatoms. The van der Waals surface area contributed by atoms with Crippen LogP contribution in [-0.2, 0) is 18.8 Å². The van der Waals surface area contributed by atoms with Gasteiger partial charge in [-0.1, -0.05) is 58.8 Å². The SMILES string of the molecule is CCCCCC(=O)/C=C/[C@H]1[C@H](O[Si](C)(C)C(C)(C)C)CC(=O)[C@@H]1C/C=C\CCCC(=O)O. The lowest BCUT2D eigenvalue weighted by Crippen LogP contribution is -2.45. The molecular weight excluding hydrogens is 420 g/mol. The zero-order valence-electron chi connectivity index (χ0n) is 21.0. The maximum atomic E-state index is 12.9. The van der Waals surface area contributed by atoms with Gasteiger partial charge in [-0.15, -0.1) is 0 Å². The Hall–Kier alpha value is -1.53. The average Bonchev–Trinajstić information content (AvgIpc) is 2.95. The molecule has 0 aromatic carbocycles. The Kier molecular flexibility index (Phi) is 11.8. The highest BCUT2D eigenvalue weighted by molar-refractivity contribution is 6.74. The molecule has 0 radical (unpaired) electrons. The number of rotatable bonds is 14. The first-order valence-electron chi connectivity index (χ1n) is 12.2. The standard InChI is InChI=1S/C26H44O5Si/c1-7-8-11-14-20(27)17-18-22-21(15-12-9-10-13-16-25(29)30)23(28)19-24(22)31-32(5,6)26(2,3)4/h9,12,17-18,21-22,24H,7-8,10-11,13-16,19H2,1-6H3,(H,29,30)/b12-9-,18-17+/t21-,22-,24-/m1/s1. The second-order valence-electron chi connectivity index (χ2n) is 10.5. The number of ketones is 2. The predicted molar refractivity (Wildman–Crippen MR) is 132 cm³/mol. The van der Waals surface area contributed by atoms with Crippen molar-refractivity contribution in [3.8, 4) is 0 Å². The van der Waals surface area contributed by atoms with Gasteiger partial charge in [-0.25, -0.2) is 0 Å². The molecule has 3 atom stereocenters. The van der Waals surface area contributed by atoms with E-state index in [0.717, 1.165) is 19.3 Å². The monoisotopic (exact) mass is 464 g/mol. The fraction of sp³-hybridized carbons (Fsp3) is 0.731. The summed E-state index contributed by atoms with van der Waals surface area (Å²) in [4.78, 5) is 35.9. The molecule has 0 bridgehead atoms. The van der Waals surface area contributed by atoms with Crippen molar-refractivity contribution in [3.63, 3.8) is 0 Å². The Morgan fingerprint density at radius 3 is 2.41 bits per heavy atom. The Morgan fingerprint density at radius 1 is 1.12 bits per heavy atom. The third-order valence-corrected chi connectivity index (χ3v) is 11.3. The summed E-state index contributed by atoms with van der Waals surface area (Å²) in [6.45, 7) is 13.1. The van der Waals surface area contributed by atoms with Crippen LogP contribution in [0.1, 0.15) is 85.5 Å². The molecule has 0 aromatic heterocycles. The van der Waals surface area contributed by atoms with E-state index in [9.17, 15) is 14.4 Å². The normalized spacial score (nSPS) is 22.3. The molecule has 0 aromatic rings. The molecule has 1 aliphatic carbocycles. The van der Waals surface area contributed by atoms with Crippen LogP contribution >= 0.6 is 0 Å². The lowest BCUT2D eigenvalue weighted by Gasteiger charge is -2.39. The van der Waals surface area contributed by atoms with Crippen LogP contribution in [0.2, 0.25) is 18.1 Å².